The molecular formula is C39H68O13. The predicted molar refractivity (Wildman–Crippen MR) is 188 cm³/mol. The lowest BCUT2D eigenvalue weighted by Gasteiger charge is -2.66. The van der Waals surface area contributed by atoms with Crippen molar-refractivity contribution in [1.82, 2.24) is 0 Å². The van der Waals surface area contributed by atoms with Gasteiger partial charge in [0.1, 0.15) is 36.6 Å². The van der Waals surface area contributed by atoms with Gasteiger partial charge in [-0.2, -0.15) is 0 Å². The lowest BCUT2D eigenvalue weighted by atomic mass is 9.42. The van der Waals surface area contributed by atoms with Crippen LogP contribution in [0.5, 0.6) is 0 Å². The summed E-state index contributed by atoms with van der Waals surface area (Å²) in [4.78, 5) is 0. The molecule has 7 N–H and O–H groups in total. The Morgan fingerprint density at radius 3 is 2.19 bits per heavy atom. The molecule has 4 saturated carbocycles. The second-order valence-electron chi connectivity index (χ2n) is 18.3. The van der Waals surface area contributed by atoms with Crippen molar-refractivity contribution in [3.05, 3.63) is 0 Å². The Kier molecular flexibility index (Phi) is 12.5. The number of aliphatic hydroxyl groups is 7. The third kappa shape index (κ3) is 7.16. The third-order valence-electron chi connectivity index (χ3n) is 15.1. The van der Waals surface area contributed by atoms with Gasteiger partial charge < -0.3 is 64.2 Å². The summed E-state index contributed by atoms with van der Waals surface area (Å²) in [5.74, 6) is 0.0285. The molecule has 6 rings (SSSR count). The van der Waals surface area contributed by atoms with Gasteiger partial charge >= 0.3 is 0 Å². The standard InChI is InChI=1S/C39H68O13/c1-19(2)26(51-35-32(45)30(43)28(52-35)18-50-36-33(48-7)31(44)27(47-6)17-49-36)9-8-20(3)22-15-24(41)34-38(22,5)13-11-29-37(4)12-10-21(40)14-23(37)25(42)16-39(29,34)46/h19-36,40-46H,8-18H2,1-7H3/t20-,21+,22-,23-,24-,25+,26+,27-,28-,29-,30+,31-,32+,33+,34-,35+,36-,37+,38-,39+/m1/s1. The van der Waals surface area contributed by atoms with Crippen molar-refractivity contribution in [2.75, 3.05) is 27.4 Å². The number of methoxy groups -OCH3 is 2. The fraction of sp³-hybridized carbons (Fsp3) is 1.00. The van der Waals surface area contributed by atoms with Crippen molar-refractivity contribution in [2.24, 2.45) is 46.3 Å². The molecule has 2 saturated heterocycles. The molecular weight excluding hydrogens is 676 g/mol. The zero-order valence-electron chi connectivity index (χ0n) is 32.3. The van der Waals surface area contributed by atoms with Crippen LogP contribution in [-0.4, -0.2) is 142 Å². The SMILES string of the molecule is CO[C@@H]1[C@@H](OC[C@H]2O[C@H](O[C@@H](CC[C@@H](C)[C@H]3C[C@@H](O)[C@@H]4[C@]3(C)CC[C@@H]3[C@@]5(C)CC[C@H](O)C[C@@H]5[C@@H](O)C[C@]34O)C(C)C)[C@@H](O)[C@H]2O)OC[C@@H](OC)[C@H]1O. The van der Waals surface area contributed by atoms with Gasteiger partial charge in [-0.25, -0.2) is 0 Å². The largest absolute Gasteiger partial charge is 0.393 e. The van der Waals surface area contributed by atoms with Crippen LogP contribution in [0.2, 0.25) is 0 Å². The molecule has 0 aromatic heterocycles. The zero-order chi connectivity index (χ0) is 37.9. The number of fused-ring (bicyclic) bond motifs is 5. The maximum atomic E-state index is 12.6. The van der Waals surface area contributed by atoms with Crippen LogP contribution in [-0.2, 0) is 28.4 Å². The minimum absolute atomic E-state index is 0.0324. The Hall–Kier alpha value is -0.520. The first-order valence-corrected chi connectivity index (χ1v) is 19.9. The van der Waals surface area contributed by atoms with Gasteiger partial charge in [0.15, 0.2) is 12.6 Å². The molecule has 2 aliphatic heterocycles. The van der Waals surface area contributed by atoms with Gasteiger partial charge in [-0.15, -0.1) is 0 Å². The van der Waals surface area contributed by atoms with E-state index >= 15 is 0 Å². The van der Waals surface area contributed by atoms with Crippen molar-refractivity contribution in [2.45, 2.75) is 172 Å². The molecule has 0 spiro atoms. The van der Waals surface area contributed by atoms with E-state index in [9.17, 15) is 35.7 Å². The van der Waals surface area contributed by atoms with E-state index < -0.39 is 73.1 Å². The lowest BCUT2D eigenvalue weighted by molar-refractivity contribution is -0.287. The van der Waals surface area contributed by atoms with Gasteiger partial charge in [0.2, 0.25) is 0 Å². The molecule has 302 valence electrons. The highest BCUT2D eigenvalue weighted by molar-refractivity contribution is 5.20. The summed E-state index contributed by atoms with van der Waals surface area (Å²) in [6.45, 7) is 10.7. The smallest absolute Gasteiger partial charge is 0.186 e. The van der Waals surface area contributed by atoms with Crippen molar-refractivity contribution in [1.29, 1.82) is 0 Å². The molecule has 20 atom stereocenters. The molecule has 0 aromatic rings. The minimum Gasteiger partial charge on any atom is -0.393 e. The average molecular weight is 745 g/mol. The van der Waals surface area contributed by atoms with Crippen molar-refractivity contribution in [3.63, 3.8) is 0 Å². The molecule has 6 fully saturated rings. The Bertz CT molecular complexity index is 1190. The molecule has 2 heterocycles. The highest BCUT2D eigenvalue weighted by Crippen LogP contribution is 2.69. The molecule has 6 aliphatic rings. The Morgan fingerprint density at radius 1 is 0.808 bits per heavy atom. The highest BCUT2D eigenvalue weighted by Gasteiger charge is 2.70. The molecule has 0 bridgehead atoms. The van der Waals surface area contributed by atoms with E-state index in [0.717, 1.165) is 25.7 Å². The molecule has 0 aromatic carbocycles. The summed E-state index contributed by atoms with van der Waals surface area (Å²) in [7, 11) is 2.92. The summed E-state index contributed by atoms with van der Waals surface area (Å²) >= 11 is 0. The van der Waals surface area contributed by atoms with Crippen LogP contribution in [0.3, 0.4) is 0 Å². The quantitative estimate of drug-likeness (QED) is 0.153. The van der Waals surface area contributed by atoms with E-state index in [1.165, 1.54) is 14.2 Å². The van der Waals surface area contributed by atoms with Gasteiger partial charge in [0.05, 0.1) is 43.2 Å². The lowest BCUT2D eigenvalue weighted by Crippen LogP contribution is -2.68. The molecule has 0 radical (unpaired) electrons. The molecule has 4 aliphatic carbocycles. The highest BCUT2D eigenvalue weighted by atomic mass is 16.7. The molecule has 0 amide bonds. The van der Waals surface area contributed by atoms with Gasteiger partial charge in [0, 0.05) is 26.6 Å². The Balaban J connectivity index is 1.06. The van der Waals surface area contributed by atoms with Gasteiger partial charge in [-0.3, -0.25) is 0 Å². The summed E-state index contributed by atoms with van der Waals surface area (Å²) in [5, 5.41) is 78.6. The van der Waals surface area contributed by atoms with Gasteiger partial charge in [-0.05, 0) is 91.8 Å². The topological polar surface area (TPSA) is 197 Å². The fourth-order valence-electron chi connectivity index (χ4n) is 12.3. The van der Waals surface area contributed by atoms with Crippen LogP contribution < -0.4 is 0 Å². The van der Waals surface area contributed by atoms with Crippen LogP contribution in [0, 0.1) is 46.3 Å². The monoisotopic (exact) mass is 744 g/mol. The van der Waals surface area contributed by atoms with Crippen molar-refractivity contribution >= 4 is 0 Å². The van der Waals surface area contributed by atoms with Gasteiger partial charge in [0.25, 0.3) is 0 Å². The van der Waals surface area contributed by atoms with E-state index in [1.54, 1.807) is 0 Å². The average Bonchev–Trinajstić information content (AvgIpc) is 3.53. The summed E-state index contributed by atoms with van der Waals surface area (Å²) in [6, 6.07) is 0. The number of hydrogen-bond donors (Lipinski definition) is 7. The number of rotatable bonds is 12. The molecule has 13 nitrogen and oxygen atoms in total. The van der Waals surface area contributed by atoms with Crippen LogP contribution >= 0.6 is 0 Å². The normalized spacial score (nSPS) is 51.9. The first-order valence-electron chi connectivity index (χ1n) is 19.9. The fourth-order valence-corrected chi connectivity index (χ4v) is 12.3. The summed E-state index contributed by atoms with van der Waals surface area (Å²) < 4.78 is 34.6. The van der Waals surface area contributed by atoms with Crippen molar-refractivity contribution < 1.29 is 64.2 Å². The Labute approximate surface area is 309 Å². The first-order chi connectivity index (χ1) is 24.5. The van der Waals surface area contributed by atoms with Gasteiger partial charge in [-0.1, -0.05) is 34.6 Å². The van der Waals surface area contributed by atoms with E-state index in [1.807, 2.05) is 0 Å². The molecule has 13 heteroatoms. The maximum Gasteiger partial charge on any atom is 0.186 e. The third-order valence-corrected chi connectivity index (χ3v) is 15.1. The van der Waals surface area contributed by atoms with Crippen LogP contribution in [0.4, 0.5) is 0 Å². The minimum atomic E-state index is -1.29. The van der Waals surface area contributed by atoms with Crippen LogP contribution in [0.15, 0.2) is 0 Å². The van der Waals surface area contributed by atoms with E-state index in [4.69, 9.17) is 28.4 Å². The predicted octanol–water partition coefficient (Wildman–Crippen LogP) is 1.73. The maximum absolute atomic E-state index is 12.6. The molecule has 0 unspecified atom stereocenters. The van der Waals surface area contributed by atoms with E-state index in [-0.39, 0.29) is 72.1 Å². The summed E-state index contributed by atoms with van der Waals surface area (Å²) in [6.07, 6.45) is -3.79. The Morgan fingerprint density at radius 2 is 1.52 bits per heavy atom. The number of aliphatic hydroxyl groups excluding tert-OH is 6. The number of ether oxygens (including phenoxy) is 6. The van der Waals surface area contributed by atoms with Crippen molar-refractivity contribution in [3.8, 4) is 0 Å². The van der Waals surface area contributed by atoms with Crippen LogP contribution in [0.1, 0.15) is 92.4 Å². The number of hydrogen-bond acceptors (Lipinski definition) is 13. The first kappa shape index (κ1) is 41.1. The second-order valence-corrected chi connectivity index (χ2v) is 18.3. The summed E-state index contributed by atoms with van der Waals surface area (Å²) in [5.41, 5.74) is -1.76. The molecule has 52 heavy (non-hydrogen) atoms. The van der Waals surface area contributed by atoms with Crippen LogP contribution in [0.25, 0.3) is 0 Å². The van der Waals surface area contributed by atoms with E-state index in [0.29, 0.717) is 25.7 Å². The van der Waals surface area contributed by atoms with E-state index in [2.05, 4.69) is 34.6 Å². The zero-order valence-corrected chi connectivity index (χ0v) is 32.3. The second kappa shape index (κ2) is 15.8.